The topological polar surface area (TPSA) is 75.9 Å². The van der Waals surface area contributed by atoms with Gasteiger partial charge in [-0.3, -0.25) is 9.69 Å². The number of nitrogens with one attached hydrogen (secondary N) is 1. The number of benzene rings is 1. The van der Waals surface area contributed by atoms with Gasteiger partial charge in [0.05, 0.1) is 12.1 Å². The molecule has 8 heteroatoms. The van der Waals surface area contributed by atoms with E-state index in [1.807, 2.05) is 0 Å². The molecular formula is C19H25FN6O. The van der Waals surface area contributed by atoms with Crippen molar-refractivity contribution in [3.8, 4) is 0 Å². The maximum absolute atomic E-state index is 13.0. The Morgan fingerprint density at radius 3 is 2.67 bits per heavy atom. The van der Waals surface area contributed by atoms with Crippen molar-refractivity contribution in [2.75, 3.05) is 13.1 Å². The van der Waals surface area contributed by atoms with Gasteiger partial charge in [0.1, 0.15) is 12.1 Å². The molecule has 0 bridgehead atoms. The molecule has 2 aliphatic rings. The Hall–Kier alpha value is -2.35. The lowest BCUT2D eigenvalue weighted by atomic mass is 10.1. The summed E-state index contributed by atoms with van der Waals surface area (Å²) < 4.78 is 14.8. The molecule has 1 aliphatic carbocycles. The van der Waals surface area contributed by atoms with Crippen LogP contribution < -0.4 is 5.32 Å². The molecule has 27 heavy (non-hydrogen) atoms. The van der Waals surface area contributed by atoms with E-state index in [-0.39, 0.29) is 23.8 Å². The van der Waals surface area contributed by atoms with E-state index in [0.29, 0.717) is 19.0 Å². The number of hydrogen-bond acceptors (Lipinski definition) is 5. The Labute approximate surface area is 157 Å². The van der Waals surface area contributed by atoms with Gasteiger partial charge in [-0.1, -0.05) is 25.0 Å². The smallest absolute Gasteiger partial charge is 0.237 e. The van der Waals surface area contributed by atoms with Crippen LogP contribution in [-0.4, -0.2) is 56.2 Å². The van der Waals surface area contributed by atoms with E-state index in [1.165, 1.54) is 25.0 Å². The van der Waals surface area contributed by atoms with Gasteiger partial charge < -0.3 is 5.32 Å². The number of rotatable bonds is 6. The monoisotopic (exact) mass is 372 g/mol. The zero-order valence-electron chi connectivity index (χ0n) is 15.3. The quantitative estimate of drug-likeness (QED) is 0.836. The number of aromatic nitrogens is 4. The van der Waals surface area contributed by atoms with E-state index in [2.05, 4.69) is 25.7 Å². The largest absolute Gasteiger partial charge is 0.354 e. The second-order valence-corrected chi connectivity index (χ2v) is 7.50. The normalized spacial score (nSPS) is 23.7. The molecule has 144 valence electrons. The minimum absolute atomic E-state index is 0.0691. The standard InChI is InChI=1S/C19H25FN6O/c20-15-7-5-14(6-8-15)9-10-21-19(27)18-11-17(26-13-22-23-24-26)12-25(18)16-3-1-2-4-16/h5-8,13,16-18H,1-4,9-12H2,(H,21,27)/t17-,18-/m0/s1. The molecule has 1 amide bonds. The number of hydrogen-bond donors (Lipinski definition) is 1. The lowest BCUT2D eigenvalue weighted by molar-refractivity contribution is -0.126. The number of tetrazole rings is 1. The first kappa shape index (κ1) is 18.0. The van der Waals surface area contributed by atoms with Crippen LogP contribution in [0.2, 0.25) is 0 Å². The third-order valence-corrected chi connectivity index (χ3v) is 5.78. The van der Waals surface area contributed by atoms with Gasteiger partial charge in [-0.2, -0.15) is 0 Å². The van der Waals surface area contributed by atoms with Gasteiger partial charge in [0, 0.05) is 19.1 Å². The summed E-state index contributed by atoms with van der Waals surface area (Å²) in [7, 11) is 0. The van der Waals surface area contributed by atoms with Crippen LogP contribution in [0.25, 0.3) is 0 Å². The van der Waals surface area contributed by atoms with Crippen molar-refractivity contribution in [2.24, 2.45) is 0 Å². The van der Waals surface area contributed by atoms with Crippen LogP contribution in [0.5, 0.6) is 0 Å². The zero-order valence-corrected chi connectivity index (χ0v) is 15.3. The molecular weight excluding hydrogens is 347 g/mol. The van der Waals surface area contributed by atoms with E-state index in [0.717, 1.165) is 31.4 Å². The molecule has 0 unspecified atom stereocenters. The summed E-state index contributed by atoms with van der Waals surface area (Å²) >= 11 is 0. The van der Waals surface area contributed by atoms with Crippen LogP contribution in [0.4, 0.5) is 4.39 Å². The molecule has 1 saturated heterocycles. The Bertz CT molecular complexity index is 744. The van der Waals surface area contributed by atoms with Crippen LogP contribution in [-0.2, 0) is 11.2 Å². The van der Waals surface area contributed by atoms with Crippen LogP contribution in [0, 0.1) is 5.82 Å². The third kappa shape index (κ3) is 4.16. The van der Waals surface area contributed by atoms with Crippen molar-refractivity contribution < 1.29 is 9.18 Å². The van der Waals surface area contributed by atoms with Gasteiger partial charge in [0.15, 0.2) is 0 Å². The average Bonchev–Trinajstić information content (AvgIpc) is 3.42. The minimum atomic E-state index is -0.241. The second-order valence-electron chi connectivity index (χ2n) is 7.50. The fourth-order valence-corrected chi connectivity index (χ4v) is 4.36. The van der Waals surface area contributed by atoms with E-state index >= 15 is 0 Å². The molecule has 2 fully saturated rings. The van der Waals surface area contributed by atoms with E-state index in [4.69, 9.17) is 0 Å². The molecule has 1 N–H and O–H groups in total. The first-order chi connectivity index (χ1) is 13.2. The Morgan fingerprint density at radius 2 is 1.96 bits per heavy atom. The van der Waals surface area contributed by atoms with Crippen LogP contribution >= 0.6 is 0 Å². The van der Waals surface area contributed by atoms with Gasteiger partial charge in [0.25, 0.3) is 0 Å². The highest BCUT2D eigenvalue weighted by Crippen LogP contribution is 2.34. The van der Waals surface area contributed by atoms with Crippen molar-refractivity contribution in [1.82, 2.24) is 30.4 Å². The third-order valence-electron chi connectivity index (χ3n) is 5.78. The molecule has 2 atom stereocenters. The summed E-state index contributed by atoms with van der Waals surface area (Å²) in [6.45, 7) is 1.36. The Kier molecular flexibility index (Phi) is 5.42. The molecule has 2 heterocycles. The Morgan fingerprint density at radius 1 is 1.19 bits per heavy atom. The lowest BCUT2D eigenvalue weighted by Crippen LogP contribution is -2.47. The fraction of sp³-hybridized carbons (Fsp3) is 0.579. The van der Waals surface area contributed by atoms with Crippen LogP contribution in [0.1, 0.15) is 43.7 Å². The van der Waals surface area contributed by atoms with Crippen molar-refractivity contribution in [1.29, 1.82) is 0 Å². The number of halogens is 1. The number of amides is 1. The summed E-state index contributed by atoms with van der Waals surface area (Å²) in [5.74, 6) is -0.172. The number of carbonyl (C=O) groups excluding carboxylic acids is 1. The lowest BCUT2D eigenvalue weighted by Gasteiger charge is -2.29. The number of nitrogens with zero attached hydrogens (tertiary/aromatic N) is 5. The highest BCUT2D eigenvalue weighted by atomic mass is 19.1. The maximum atomic E-state index is 13.0. The van der Waals surface area contributed by atoms with Crippen LogP contribution in [0.3, 0.4) is 0 Å². The van der Waals surface area contributed by atoms with Gasteiger partial charge in [-0.15, -0.1) is 5.10 Å². The predicted molar refractivity (Wildman–Crippen MR) is 97.3 cm³/mol. The molecule has 7 nitrogen and oxygen atoms in total. The highest BCUT2D eigenvalue weighted by Gasteiger charge is 2.42. The molecule has 0 radical (unpaired) electrons. The molecule has 1 aromatic carbocycles. The molecule has 0 spiro atoms. The minimum Gasteiger partial charge on any atom is -0.354 e. The van der Waals surface area contributed by atoms with Crippen molar-refractivity contribution in [3.05, 3.63) is 42.0 Å². The molecule has 1 saturated carbocycles. The van der Waals surface area contributed by atoms with Crippen molar-refractivity contribution in [2.45, 2.75) is 56.7 Å². The van der Waals surface area contributed by atoms with Crippen molar-refractivity contribution in [3.63, 3.8) is 0 Å². The van der Waals surface area contributed by atoms with Gasteiger partial charge in [-0.05, 0) is 53.8 Å². The second kappa shape index (κ2) is 8.12. The summed E-state index contributed by atoms with van der Waals surface area (Å²) in [6, 6.07) is 6.88. The van der Waals surface area contributed by atoms with Crippen LogP contribution in [0.15, 0.2) is 30.6 Å². The summed E-state index contributed by atoms with van der Waals surface area (Å²) in [5.41, 5.74) is 1.02. The maximum Gasteiger partial charge on any atom is 0.237 e. The van der Waals surface area contributed by atoms with Gasteiger partial charge in [0.2, 0.25) is 5.91 Å². The van der Waals surface area contributed by atoms with Gasteiger partial charge in [-0.25, -0.2) is 9.07 Å². The number of carbonyl (C=O) groups is 1. The summed E-state index contributed by atoms with van der Waals surface area (Å²) in [6.07, 6.45) is 7.82. The summed E-state index contributed by atoms with van der Waals surface area (Å²) in [4.78, 5) is 15.3. The highest BCUT2D eigenvalue weighted by molar-refractivity contribution is 5.82. The van der Waals surface area contributed by atoms with Gasteiger partial charge >= 0.3 is 0 Å². The average molecular weight is 372 g/mol. The Balaban J connectivity index is 1.37. The summed E-state index contributed by atoms with van der Waals surface area (Å²) in [5, 5.41) is 14.6. The van der Waals surface area contributed by atoms with Crippen molar-refractivity contribution >= 4 is 5.91 Å². The molecule has 1 aliphatic heterocycles. The molecule has 4 rings (SSSR count). The zero-order chi connectivity index (χ0) is 18.6. The molecule has 2 aromatic rings. The van der Waals surface area contributed by atoms with E-state index in [1.54, 1.807) is 23.1 Å². The van der Waals surface area contributed by atoms with E-state index in [9.17, 15) is 9.18 Å². The number of likely N-dealkylation sites (tertiary alicyclic amines) is 1. The predicted octanol–water partition coefficient (Wildman–Crippen LogP) is 1.73. The SMILES string of the molecule is O=C(NCCc1ccc(F)cc1)[C@@H]1C[C@H](n2cnnn2)CN1C1CCCC1. The molecule has 1 aromatic heterocycles. The first-order valence-corrected chi connectivity index (χ1v) is 9.71. The fourth-order valence-electron chi connectivity index (χ4n) is 4.36. The van der Waals surface area contributed by atoms with E-state index < -0.39 is 0 Å². The first-order valence-electron chi connectivity index (χ1n) is 9.71.